The number of H-pyrrole nitrogens is 2. The molecule has 5 nitrogen and oxygen atoms in total. The van der Waals surface area contributed by atoms with E-state index in [9.17, 15) is 9.59 Å². The van der Waals surface area contributed by atoms with E-state index >= 15 is 0 Å². The lowest BCUT2D eigenvalue weighted by Gasteiger charge is -2.31. The minimum absolute atomic E-state index is 0.0565. The van der Waals surface area contributed by atoms with E-state index in [0.29, 0.717) is 39.0 Å². The first-order valence-electron chi connectivity index (χ1n) is 7.35. The Bertz CT molecular complexity index is 910. The molecule has 2 aromatic rings. The van der Waals surface area contributed by atoms with Gasteiger partial charge in [-0.25, -0.2) is 0 Å². The molecule has 0 spiro atoms. The molecule has 0 radical (unpaired) electrons. The van der Waals surface area contributed by atoms with Gasteiger partial charge in [-0.2, -0.15) is 0 Å². The van der Waals surface area contributed by atoms with E-state index in [0.717, 1.165) is 18.5 Å². The van der Waals surface area contributed by atoms with Crippen LogP contribution < -0.4 is 10.9 Å². The Morgan fingerprint density at radius 2 is 1.91 bits per heavy atom. The molecule has 1 aromatic heterocycles. The first-order valence-corrected chi connectivity index (χ1v) is 8.10. The average molecular weight is 350 g/mol. The highest BCUT2D eigenvalue weighted by atomic mass is 35.5. The number of allylic oxidation sites excluding steroid dienone is 2. The van der Waals surface area contributed by atoms with Crippen molar-refractivity contribution < 1.29 is 4.79 Å². The van der Waals surface area contributed by atoms with Crippen LogP contribution in [0.15, 0.2) is 34.3 Å². The number of aromatic nitrogens is 2. The van der Waals surface area contributed by atoms with E-state index in [4.69, 9.17) is 23.2 Å². The smallest absolute Gasteiger partial charge is 0.270 e. The van der Waals surface area contributed by atoms with Gasteiger partial charge in [0.05, 0.1) is 5.56 Å². The van der Waals surface area contributed by atoms with Crippen LogP contribution in [0, 0.1) is 0 Å². The van der Waals surface area contributed by atoms with Crippen LogP contribution in [0.25, 0.3) is 0 Å². The number of fused-ring (bicyclic) bond motifs is 1. The summed E-state index contributed by atoms with van der Waals surface area (Å²) < 4.78 is 0. The fraction of sp³-hybridized carbons (Fsp3) is 0.250. The van der Waals surface area contributed by atoms with Gasteiger partial charge in [0.15, 0.2) is 5.78 Å². The van der Waals surface area contributed by atoms with Crippen molar-refractivity contribution >= 4 is 34.8 Å². The molecular weight excluding hydrogens is 337 g/mol. The largest absolute Gasteiger partial charge is 0.343 e. The second-order valence-corrected chi connectivity index (χ2v) is 6.60. The number of Topliss-reactive ketones (excluding diaryl/α,β-unsaturated/α-hetero) is 1. The zero-order chi connectivity index (χ0) is 16.1. The van der Waals surface area contributed by atoms with Gasteiger partial charge in [-0.15, -0.1) is 0 Å². The fourth-order valence-corrected chi connectivity index (χ4v) is 3.93. The molecule has 1 aliphatic carbocycles. The van der Waals surface area contributed by atoms with Crippen molar-refractivity contribution in [3.63, 3.8) is 0 Å². The normalized spacial score (nSPS) is 20.1. The third kappa shape index (κ3) is 2.23. The van der Waals surface area contributed by atoms with Crippen LogP contribution in [0.1, 0.15) is 36.3 Å². The highest BCUT2D eigenvalue weighted by Gasteiger charge is 2.38. The maximum atomic E-state index is 12.5. The molecule has 23 heavy (non-hydrogen) atoms. The van der Waals surface area contributed by atoms with Gasteiger partial charge >= 0.3 is 0 Å². The van der Waals surface area contributed by atoms with E-state index in [-0.39, 0.29) is 11.3 Å². The van der Waals surface area contributed by atoms with Crippen molar-refractivity contribution in [3.8, 4) is 0 Å². The maximum absolute atomic E-state index is 12.5. The van der Waals surface area contributed by atoms with Gasteiger partial charge in [0.2, 0.25) is 0 Å². The van der Waals surface area contributed by atoms with Gasteiger partial charge < -0.3 is 5.32 Å². The van der Waals surface area contributed by atoms with Crippen molar-refractivity contribution in [1.29, 1.82) is 0 Å². The molecule has 2 heterocycles. The molecule has 118 valence electrons. The molecule has 1 atom stereocenters. The first kappa shape index (κ1) is 14.6. The van der Waals surface area contributed by atoms with E-state index in [2.05, 4.69) is 15.5 Å². The molecular formula is C16H13Cl2N3O2. The maximum Gasteiger partial charge on any atom is 0.270 e. The van der Waals surface area contributed by atoms with Gasteiger partial charge in [-0.05, 0) is 30.5 Å². The lowest BCUT2D eigenvalue weighted by molar-refractivity contribution is -0.116. The predicted molar refractivity (Wildman–Crippen MR) is 89.2 cm³/mol. The van der Waals surface area contributed by atoms with Crippen LogP contribution in [0.5, 0.6) is 0 Å². The van der Waals surface area contributed by atoms with Crippen LogP contribution >= 0.6 is 23.2 Å². The number of halogens is 2. The summed E-state index contributed by atoms with van der Waals surface area (Å²) in [5.41, 5.74) is 2.45. The van der Waals surface area contributed by atoms with E-state index in [1.54, 1.807) is 18.2 Å². The number of benzene rings is 1. The van der Waals surface area contributed by atoms with Crippen LogP contribution in [0.3, 0.4) is 0 Å². The third-order valence-corrected chi connectivity index (χ3v) is 4.96. The Morgan fingerprint density at radius 3 is 2.70 bits per heavy atom. The zero-order valence-corrected chi connectivity index (χ0v) is 13.5. The molecule has 0 unspecified atom stereocenters. The Kier molecular flexibility index (Phi) is 3.36. The minimum atomic E-state index is -0.478. The number of hydrogen-bond acceptors (Lipinski definition) is 3. The molecule has 3 N–H and O–H groups in total. The number of ketones is 1. The summed E-state index contributed by atoms with van der Waals surface area (Å²) in [6.45, 7) is 0. The van der Waals surface area contributed by atoms with Crippen molar-refractivity contribution in [3.05, 3.63) is 61.0 Å². The number of aromatic amines is 2. The fourth-order valence-electron chi connectivity index (χ4n) is 3.41. The molecule has 2 aliphatic rings. The van der Waals surface area contributed by atoms with Crippen molar-refractivity contribution in [2.45, 2.75) is 25.2 Å². The molecule has 1 aromatic carbocycles. The summed E-state index contributed by atoms with van der Waals surface area (Å²) in [5, 5.41) is 9.57. The Hall–Kier alpha value is -1.98. The molecule has 0 saturated carbocycles. The molecule has 0 amide bonds. The monoisotopic (exact) mass is 349 g/mol. The van der Waals surface area contributed by atoms with Crippen LogP contribution in [0.4, 0.5) is 5.82 Å². The molecule has 0 bridgehead atoms. The van der Waals surface area contributed by atoms with Crippen molar-refractivity contribution in [2.75, 3.05) is 5.32 Å². The van der Waals surface area contributed by atoms with Crippen LogP contribution in [-0.2, 0) is 4.79 Å². The summed E-state index contributed by atoms with van der Waals surface area (Å²) in [6, 6.07) is 5.14. The Labute approximate surface area is 141 Å². The summed E-state index contributed by atoms with van der Waals surface area (Å²) >= 11 is 12.3. The van der Waals surface area contributed by atoms with Crippen molar-refractivity contribution in [2.24, 2.45) is 0 Å². The first-order chi connectivity index (χ1) is 11.1. The molecule has 7 heteroatoms. The number of anilines is 1. The summed E-state index contributed by atoms with van der Waals surface area (Å²) in [6.07, 6.45) is 2.06. The number of hydrogen-bond donors (Lipinski definition) is 3. The number of carbonyl (C=O) groups is 1. The predicted octanol–water partition coefficient (Wildman–Crippen LogP) is 3.57. The summed E-state index contributed by atoms with van der Waals surface area (Å²) in [4.78, 5) is 24.8. The summed E-state index contributed by atoms with van der Waals surface area (Å²) in [7, 11) is 0. The van der Waals surface area contributed by atoms with Crippen molar-refractivity contribution in [1.82, 2.24) is 10.2 Å². The SMILES string of the molecule is O=C1CCCC2=C1[C@H](c1ccc(Cl)cc1Cl)c1c([nH][nH]c1=O)N2. The van der Waals surface area contributed by atoms with Gasteiger partial charge in [0.25, 0.3) is 5.56 Å². The van der Waals surface area contributed by atoms with E-state index in [1.807, 2.05) is 0 Å². The number of nitrogens with one attached hydrogen (secondary N) is 3. The molecule has 0 saturated heterocycles. The topological polar surface area (TPSA) is 77.8 Å². The molecule has 0 fully saturated rings. The second-order valence-electron chi connectivity index (χ2n) is 5.76. The quantitative estimate of drug-likeness (QED) is 0.736. The molecule has 4 rings (SSSR count). The lowest BCUT2D eigenvalue weighted by atomic mass is 9.77. The highest BCUT2D eigenvalue weighted by Crippen LogP contribution is 2.45. The van der Waals surface area contributed by atoms with E-state index < -0.39 is 5.92 Å². The third-order valence-electron chi connectivity index (χ3n) is 4.40. The highest BCUT2D eigenvalue weighted by molar-refractivity contribution is 6.35. The second kappa shape index (κ2) is 5.28. The standard InChI is InChI=1S/C16H13Cl2N3O2/c17-7-4-5-8(9(18)6-7)12-13-10(2-1-3-11(13)22)19-15-14(12)16(23)21-20-15/h4-6,12H,1-3H2,(H3,19,20,21,23)/t12-/m0/s1. The average Bonchev–Trinajstić information content (AvgIpc) is 2.87. The van der Waals surface area contributed by atoms with Crippen LogP contribution in [0.2, 0.25) is 10.0 Å². The Morgan fingerprint density at radius 1 is 1.09 bits per heavy atom. The van der Waals surface area contributed by atoms with E-state index in [1.165, 1.54) is 0 Å². The molecule has 1 aliphatic heterocycles. The Balaban J connectivity index is 2.00. The number of carbonyl (C=O) groups excluding carboxylic acids is 1. The van der Waals surface area contributed by atoms with Crippen LogP contribution in [-0.4, -0.2) is 16.0 Å². The number of rotatable bonds is 1. The minimum Gasteiger partial charge on any atom is -0.343 e. The van der Waals surface area contributed by atoms with Gasteiger partial charge in [0.1, 0.15) is 5.82 Å². The van der Waals surface area contributed by atoms with Gasteiger partial charge in [-0.3, -0.25) is 19.8 Å². The lowest BCUT2D eigenvalue weighted by Crippen LogP contribution is -2.29. The van der Waals surface area contributed by atoms with Gasteiger partial charge in [-0.1, -0.05) is 29.3 Å². The summed E-state index contributed by atoms with van der Waals surface area (Å²) in [5.74, 6) is 0.175. The zero-order valence-electron chi connectivity index (χ0n) is 12.0. The van der Waals surface area contributed by atoms with Gasteiger partial charge in [0, 0.05) is 33.7 Å².